The monoisotopic (exact) mass is 355 g/mol. The molecular formula is C16H17N7O3. The van der Waals surface area contributed by atoms with Crippen molar-refractivity contribution < 1.29 is 4.52 Å². The van der Waals surface area contributed by atoms with Crippen LogP contribution < -0.4 is 11.2 Å². The first-order chi connectivity index (χ1) is 12.4. The third-order valence-corrected chi connectivity index (χ3v) is 4.61. The van der Waals surface area contributed by atoms with Crippen molar-refractivity contribution in [3.05, 3.63) is 50.9 Å². The van der Waals surface area contributed by atoms with Gasteiger partial charge in [0.25, 0.3) is 5.56 Å². The first-order valence-corrected chi connectivity index (χ1v) is 7.94. The molecule has 4 aromatic rings. The summed E-state index contributed by atoms with van der Waals surface area (Å²) < 4.78 is 11.2. The lowest BCUT2D eigenvalue weighted by Crippen LogP contribution is -2.37. The van der Waals surface area contributed by atoms with Gasteiger partial charge in [-0.05, 0) is 6.92 Å². The van der Waals surface area contributed by atoms with Gasteiger partial charge in [-0.25, -0.2) is 9.78 Å². The average molecular weight is 355 g/mol. The van der Waals surface area contributed by atoms with Crippen molar-refractivity contribution in [1.29, 1.82) is 0 Å². The van der Waals surface area contributed by atoms with Crippen molar-refractivity contribution in [2.24, 2.45) is 21.1 Å². The molecule has 0 aliphatic heterocycles. The Morgan fingerprint density at radius 3 is 2.62 bits per heavy atom. The predicted molar refractivity (Wildman–Crippen MR) is 92.8 cm³/mol. The number of hydrogen-bond donors (Lipinski definition) is 0. The second-order valence-corrected chi connectivity index (χ2v) is 6.20. The second-order valence-electron chi connectivity index (χ2n) is 6.20. The zero-order chi connectivity index (χ0) is 18.6. The van der Waals surface area contributed by atoms with Crippen molar-refractivity contribution in [2.45, 2.75) is 13.5 Å². The minimum absolute atomic E-state index is 0.274. The SMILES string of the molecule is Cc1c(-c2cc(Cn3cnc4c3c(=O)n(C)c(=O)n4C)on2)cnn1C. The molecule has 0 amide bonds. The smallest absolute Gasteiger partial charge is 0.332 e. The predicted octanol–water partition coefficient (Wildman–Crippen LogP) is 0.179. The first kappa shape index (κ1) is 16.1. The molecule has 0 radical (unpaired) electrons. The molecule has 10 nitrogen and oxygen atoms in total. The van der Waals surface area contributed by atoms with E-state index in [1.54, 1.807) is 22.5 Å². The Bertz CT molecular complexity index is 1250. The highest BCUT2D eigenvalue weighted by Gasteiger charge is 2.17. The van der Waals surface area contributed by atoms with Gasteiger partial charge < -0.3 is 9.09 Å². The molecule has 0 fully saturated rings. The second kappa shape index (κ2) is 5.55. The summed E-state index contributed by atoms with van der Waals surface area (Å²) in [6, 6.07) is 1.81. The lowest BCUT2D eigenvalue weighted by molar-refractivity contribution is 0.379. The number of aromatic nitrogens is 7. The van der Waals surface area contributed by atoms with Crippen LogP contribution in [-0.2, 0) is 27.7 Å². The van der Waals surface area contributed by atoms with Gasteiger partial charge >= 0.3 is 5.69 Å². The fourth-order valence-electron chi connectivity index (χ4n) is 2.95. The maximum Gasteiger partial charge on any atom is 0.332 e. The molecular weight excluding hydrogens is 338 g/mol. The number of imidazole rings is 1. The van der Waals surface area contributed by atoms with Crippen LogP contribution in [0, 0.1) is 6.92 Å². The van der Waals surface area contributed by atoms with Gasteiger partial charge in [0.05, 0.1) is 19.1 Å². The lowest BCUT2D eigenvalue weighted by Gasteiger charge is -2.04. The molecule has 134 valence electrons. The van der Waals surface area contributed by atoms with Gasteiger partial charge in [-0.1, -0.05) is 5.16 Å². The molecule has 0 saturated carbocycles. The zero-order valence-corrected chi connectivity index (χ0v) is 14.8. The highest BCUT2D eigenvalue weighted by atomic mass is 16.5. The number of fused-ring (bicyclic) bond motifs is 1. The summed E-state index contributed by atoms with van der Waals surface area (Å²) in [7, 11) is 4.88. The maximum absolute atomic E-state index is 12.5. The van der Waals surface area contributed by atoms with Gasteiger partial charge in [0.1, 0.15) is 5.69 Å². The third-order valence-electron chi connectivity index (χ3n) is 4.61. The van der Waals surface area contributed by atoms with E-state index in [0.717, 1.165) is 15.8 Å². The Morgan fingerprint density at radius 1 is 1.15 bits per heavy atom. The van der Waals surface area contributed by atoms with E-state index < -0.39 is 11.2 Å². The largest absolute Gasteiger partial charge is 0.359 e. The van der Waals surface area contributed by atoms with Gasteiger partial charge in [-0.15, -0.1) is 0 Å². The first-order valence-electron chi connectivity index (χ1n) is 7.94. The molecule has 4 rings (SSSR count). The van der Waals surface area contributed by atoms with Crippen LogP contribution in [0.4, 0.5) is 0 Å². The van der Waals surface area contributed by atoms with E-state index in [1.807, 2.05) is 20.0 Å². The summed E-state index contributed by atoms with van der Waals surface area (Å²) in [5.41, 5.74) is 2.39. The molecule has 0 N–H and O–H groups in total. The molecule has 26 heavy (non-hydrogen) atoms. The minimum atomic E-state index is -0.415. The Hall–Kier alpha value is -3.43. The van der Waals surface area contributed by atoms with Gasteiger partial charge in [0.15, 0.2) is 16.9 Å². The number of rotatable bonds is 3. The molecule has 4 aromatic heterocycles. The molecule has 0 saturated heterocycles. The fraction of sp³-hybridized carbons (Fsp3) is 0.312. The summed E-state index contributed by atoms with van der Waals surface area (Å²) in [5, 5.41) is 8.29. The van der Waals surface area contributed by atoms with E-state index in [0.29, 0.717) is 22.6 Å². The molecule has 10 heteroatoms. The summed E-state index contributed by atoms with van der Waals surface area (Å²) in [5.74, 6) is 0.568. The van der Waals surface area contributed by atoms with E-state index in [-0.39, 0.29) is 6.54 Å². The molecule has 0 aliphatic rings. The number of hydrogen-bond acceptors (Lipinski definition) is 6. The minimum Gasteiger partial charge on any atom is -0.359 e. The highest BCUT2D eigenvalue weighted by Crippen LogP contribution is 2.22. The van der Waals surface area contributed by atoms with Crippen LogP contribution in [0.25, 0.3) is 22.4 Å². The van der Waals surface area contributed by atoms with E-state index >= 15 is 0 Å². The van der Waals surface area contributed by atoms with Crippen LogP contribution in [0.1, 0.15) is 11.5 Å². The Labute approximate surface area is 146 Å². The number of nitrogens with zero attached hydrogens (tertiary/aromatic N) is 7. The molecule has 0 spiro atoms. The molecule has 0 aliphatic carbocycles. The van der Waals surface area contributed by atoms with Crippen LogP contribution in [-0.4, -0.2) is 33.6 Å². The zero-order valence-electron chi connectivity index (χ0n) is 14.8. The van der Waals surface area contributed by atoms with Gasteiger partial charge in [-0.3, -0.25) is 18.6 Å². The standard InChI is InChI=1S/C16H17N7O3/c1-9-11(6-18-22(9)4)12-5-10(26-19-12)7-23-8-17-14-13(23)15(24)21(3)16(25)20(14)2/h5-6,8H,7H2,1-4H3. The van der Waals surface area contributed by atoms with Crippen LogP contribution in [0.3, 0.4) is 0 Å². The topological polar surface area (TPSA) is 106 Å². The van der Waals surface area contributed by atoms with Crippen molar-refractivity contribution in [1.82, 2.24) is 33.6 Å². The fourth-order valence-corrected chi connectivity index (χ4v) is 2.95. The summed E-state index contributed by atoms with van der Waals surface area (Å²) in [6.07, 6.45) is 3.25. The Morgan fingerprint density at radius 2 is 1.92 bits per heavy atom. The van der Waals surface area contributed by atoms with Crippen LogP contribution in [0.2, 0.25) is 0 Å². The normalized spacial score (nSPS) is 11.5. The molecule has 0 bridgehead atoms. The van der Waals surface area contributed by atoms with Crippen molar-refractivity contribution in [3.8, 4) is 11.3 Å². The highest BCUT2D eigenvalue weighted by molar-refractivity contribution is 5.70. The van der Waals surface area contributed by atoms with Crippen molar-refractivity contribution in [2.75, 3.05) is 0 Å². The van der Waals surface area contributed by atoms with Crippen LogP contribution in [0.5, 0.6) is 0 Å². The third kappa shape index (κ3) is 2.22. The van der Waals surface area contributed by atoms with Gasteiger partial charge in [0, 0.05) is 38.5 Å². The molecule has 4 heterocycles. The molecule has 0 aromatic carbocycles. The quantitative estimate of drug-likeness (QED) is 0.519. The summed E-state index contributed by atoms with van der Waals surface area (Å²) >= 11 is 0. The Balaban J connectivity index is 1.76. The average Bonchev–Trinajstić information content (AvgIpc) is 3.32. The lowest BCUT2D eigenvalue weighted by atomic mass is 10.2. The Kier molecular flexibility index (Phi) is 3.43. The summed E-state index contributed by atoms with van der Waals surface area (Å²) in [4.78, 5) is 28.7. The van der Waals surface area contributed by atoms with Gasteiger partial charge in [0.2, 0.25) is 0 Å². The van der Waals surface area contributed by atoms with Crippen molar-refractivity contribution >= 4 is 11.2 Å². The van der Waals surface area contributed by atoms with E-state index in [1.165, 1.54) is 17.9 Å². The van der Waals surface area contributed by atoms with Crippen LogP contribution >= 0.6 is 0 Å². The number of aryl methyl sites for hydroxylation is 2. The van der Waals surface area contributed by atoms with E-state index in [2.05, 4.69) is 15.2 Å². The molecule has 0 unspecified atom stereocenters. The van der Waals surface area contributed by atoms with E-state index in [4.69, 9.17) is 4.52 Å². The van der Waals surface area contributed by atoms with E-state index in [9.17, 15) is 9.59 Å². The summed E-state index contributed by atoms with van der Waals surface area (Å²) in [6.45, 7) is 2.22. The van der Waals surface area contributed by atoms with Crippen molar-refractivity contribution in [3.63, 3.8) is 0 Å². The van der Waals surface area contributed by atoms with Gasteiger partial charge in [-0.2, -0.15) is 5.10 Å². The van der Waals surface area contributed by atoms with Crippen LogP contribution in [0.15, 0.2) is 32.7 Å². The molecule has 0 atom stereocenters. The maximum atomic E-state index is 12.5.